The molecule has 8 nitrogen and oxygen atoms in total. The van der Waals surface area contributed by atoms with Crippen LogP contribution in [0.25, 0.3) is 27.6 Å². The molecular formula is C28H26N4O4. The summed E-state index contributed by atoms with van der Waals surface area (Å²) < 4.78 is 4.05. The molecule has 0 radical (unpaired) electrons. The highest BCUT2D eigenvalue weighted by molar-refractivity contribution is 5.94. The van der Waals surface area contributed by atoms with Gasteiger partial charge < -0.3 is 14.2 Å². The maximum absolute atomic E-state index is 11.8. The summed E-state index contributed by atoms with van der Waals surface area (Å²) in [6.07, 6.45) is 5.86. The number of fused-ring (bicyclic) bond motifs is 2. The lowest BCUT2D eigenvalue weighted by Gasteiger charge is -2.12. The molecule has 2 aromatic heterocycles. The van der Waals surface area contributed by atoms with Crippen LogP contribution in [0.1, 0.15) is 47.9 Å². The van der Waals surface area contributed by atoms with E-state index in [0.29, 0.717) is 17.7 Å². The third kappa shape index (κ3) is 4.22. The third-order valence-corrected chi connectivity index (χ3v) is 6.57. The van der Waals surface area contributed by atoms with Crippen molar-refractivity contribution in [3.8, 4) is 5.69 Å². The molecule has 0 aliphatic rings. The molecule has 5 aromatic rings. The molecule has 8 heteroatoms. The summed E-state index contributed by atoms with van der Waals surface area (Å²) in [5.74, 6) is -0.0640. The number of nitro groups is 1. The molecule has 0 bridgehead atoms. The van der Waals surface area contributed by atoms with Gasteiger partial charge in [0.2, 0.25) is 0 Å². The summed E-state index contributed by atoms with van der Waals surface area (Å²) >= 11 is 0. The molecule has 2 heterocycles. The lowest BCUT2D eigenvalue weighted by atomic mass is 10.1. The van der Waals surface area contributed by atoms with Crippen molar-refractivity contribution in [2.24, 2.45) is 0 Å². The van der Waals surface area contributed by atoms with E-state index in [9.17, 15) is 20.0 Å². The number of imidazole rings is 1. The summed E-state index contributed by atoms with van der Waals surface area (Å²) in [6, 6.07) is 19.8. The van der Waals surface area contributed by atoms with Crippen LogP contribution in [0, 0.1) is 10.1 Å². The normalized spacial score (nSPS) is 11.4. The highest BCUT2D eigenvalue weighted by Crippen LogP contribution is 2.29. The van der Waals surface area contributed by atoms with Crippen molar-refractivity contribution in [3.63, 3.8) is 0 Å². The maximum Gasteiger partial charge on any atom is 0.337 e. The van der Waals surface area contributed by atoms with Gasteiger partial charge in [-0.3, -0.25) is 10.1 Å². The highest BCUT2D eigenvalue weighted by Gasteiger charge is 2.17. The number of nitrogens with zero attached hydrogens (tertiary/aromatic N) is 4. The average Bonchev–Trinajstić information content (AvgIpc) is 3.46. The monoisotopic (exact) mass is 482 g/mol. The Kier molecular flexibility index (Phi) is 6.25. The molecule has 5 rings (SSSR count). The second-order valence-corrected chi connectivity index (χ2v) is 8.86. The lowest BCUT2D eigenvalue weighted by molar-refractivity contribution is -0.384. The number of benzene rings is 3. The standard InChI is InChI=1S/C28H26N4O4/c1-2-3-4-12-27-29-23-17-20(32(35)36)13-14-26(23)31(27)18-19-8-7-11-24-21(19)15-16-30(24)25-10-6-5-9-22(25)28(33)34/h5-11,13-17H,2-4,12,18H2,1H3,(H,33,34). The van der Waals surface area contributed by atoms with Gasteiger partial charge in [-0.2, -0.15) is 0 Å². The van der Waals surface area contributed by atoms with Crippen molar-refractivity contribution in [1.29, 1.82) is 0 Å². The van der Waals surface area contributed by atoms with E-state index in [2.05, 4.69) is 17.6 Å². The Balaban J connectivity index is 1.60. The van der Waals surface area contributed by atoms with Crippen LogP contribution in [0.5, 0.6) is 0 Å². The van der Waals surface area contributed by atoms with Crippen LogP contribution in [0.15, 0.2) is 72.9 Å². The summed E-state index contributed by atoms with van der Waals surface area (Å²) in [6.45, 7) is 2.71. The first-order valence-electron chi connectivity index (χ1n) is 12.0. The van der Waals surface area contributed by atoms with Gasteiger partial charge in [0.1, 0.15) is 5.82 Å². The summed E-state index contributed by atoms with van der Waals surface area (Å²) in [5, 5.41) is 22.0. The van der Waals surface area contributed by atoms with Crippen molar-refractivity contribution in [1.82, 2.24) is 14.1 Å². The van der Waals surface area contributed by atoms with Crippen molar-refractivity contribution in [3.05, 3.63) is 100.0 Å². The molecule has 0 aliphatic carbocycles. The SMILES string of the molecule is CCCCCc1nc2cc([N+](=O)[O-])ccc2n1Cc1cccc2c1ccn2-c1ccccc1C(=O)O. The second kappa shape index (κ2) is 9.65. The minimum Gasteiger partial charge on any atom is -0.478 e. The number of unbranched alkanes of at least 4 members (excludes halogenated alkanes) is 2. The third-order valence-electron chi connectivity index (χ3n) is 6.57. The number of carboxylic acids is 1. The minimum atomic E-state index is -0.973. The van der Waals surface area contributed by atoms with Crippen LogP contribution in [-0.4, -0.2) is 30.1 Å². The number of para-hydroxylation sites is 1. The Labute approximate surface area is 207 Å². The molecule has 182 valence electrons. The van der Waals surface area contributed by atoms with Gasteiger partial charge in [-0.1, -0.05) is 44.0 Å². The number of aromatic nitrogens is 3. The second-order valence-electron chi connectivity index (χ2n) is 8.86. The van der Waals surface area contributed by atoms with Crippen molar-refractivity contribution >= 4 is 33.6 Å². The first-order valence-corrected chi connectivity index (χ1v) is 12.0. The fourth-order valence-electron chi connectivity index (χ4n) is 4.80. The number of hydrogen-bond donors (Lipinski definition) is 1. The molecule has 0 saturated carbocycles. The molecule has 36 heavy (non-hydrogen) atoms. The fraction of sp³-hybridized carbons (Fsp3) is 0.214. The van der Waals surface area contributed by atoms with E-state index in [1.54, 1.807) is 24.3 Å². The number of non-ortho nitro benzene ring substituents is 1. The van der Waals surface area contributed by atoms with Gasteiger partial charge in [-0.15, -0.1) is 0 Å². The zero-order valence-electron chi connectivity index (χ0n) is 19.9. The van der Waals surface area contributed by atoms with Gasteiger partial charge in [0.05, 0.1) is 39.3 Å². The largest absolute Gasteiger partial charge is 0.478 e. The van der Waals surface area contributed by atoms with Crippen molar-refractivity contribution in [2.75, 3.05) is 0 Å². The van der Waals surface area contributed by atoms with E-state index in [1.165, 1.54) is 12.1 Å². The summed E-state index contributed by atoms with van der Waals surface area (Å²) in [4.78, 5) is 27.5. The lowest BCUT2D eigenvalue weighted by Crippen LogP contribution is -2.06. The number of nitro benzene ring substituents is 1. The van der Waals surface area contributed by atoms with E-state index in [1.807, 2.05) is 35.0 Å². The molecule has 0 unspecified atom stereocenters. The van der Waals surface area contributed by atoms with Crippen molar-refractivity contribution in [2.45, 2.75) is 39.2 Å². The fourth-order valence-corrected chi connectivity index (χ4v) is 4.80. The highest BCUT2D eigenvalue weighted by atomic mass is 16.6. The zero-order valence-corrected chi connectivity index (χ0v) is 19.9. The number of rotatable bonds is 9. The van der Waals surface area contributed by atoms with Gasteiger partial charge in [0, 0.05) is 30.1 Å². The smallest absolute Gasteiger partial charge is 0.337 e. The number of carboxylic acid groups (broad SMARTS) is 1. The van der Waals surface area contributed by atoms with E-state index >= 15 is 0 Å². The van der Waals surface area contributed by atoms with Crippen LogP contribution < -0.4 is 0 Å². The number of aryl methyl sites for hydroxylation is 1. The minimum absolute atomic E-state index is 0.0310. The molecule has 0 aliphatic heterocycles. The van der Waals surface area contributed by atoms with E-state index in [4.69, 9.17) is 4.98 Å². The Hall–Kier alpha value is -4.46. The van der Waals surface area contributed by atoms with Crippen LogP contribution >= 0.6 is 0 Å². The van der Waals surface area contributed by atoms with E-state index < -0.39 is 10.9 Å². The summed E-state index contributed by atoms with van der Waals surface area (Å²) in [7, 11) is 0. The Morgan fingerprint density at radius 2 is 1.86 bits per heavy atom. The van der Waals surface area contributed by atoms with Crippen LogP contribution in [0.4, 0.5) is 5.69 Å². The molecule has 0 fully saturated rings. The Bertz CT molecular complexity index is 1600. The van der Waals surface area contributed by atoms with Crippen LogP contribution in [0.2, 0.25) is 0 Å². The van der Waals surface area contributed by atoms with Gasteiger partial charge in [0.15, 0.2) is 0 Å². The average molecular weight is 483 g/mol. The Morgan fingerprint density at radius 1 is 1.03 bits per heavy atom. The molecular weight excluding hydrogens is 456 g/mol. The van der Waals surface area contributed by atoms with Gasteiger partial charge in [-0.25, -0.2) is 9.78 Å². The first-order chi connectivity index (χ1) is 17.5. The molecule has 0 amide bonds. The zero-order chi connectivity index (χ0) is 25.2. The topological polar surface area (TPSA) is 103 Å². The van der Waals surface area contributed by atoms with Crippen molar-refractivity contribution < 1.29 is 14.8 Å². The van der Waals surface area contributed by atoms with E-state index in [-0.39, 0.29) is 11.3 Å². The molecule has 0 spiro atoms. The van der Waals surface area contributed by atoms with Gasteiger partial charge in [0.25, 0.3) is 5.69 Å². The molecule has 1 N–H and O–H groups in total. The number of aromatic carboxylic acids is 1. The van der Waals surface area contributed by atoms with Gasteiger partial charge in [-0.05, 0) is 42.3 Å². The first kappa shape index (κ1) is 23.3. The van der Waals surface area contributed by atoms with Gasteiger partial charge >= 0.3 is 5.97 Å². The summed E-state index contributed by atoms with van der Waals surface area (Å²) in [5.41, 5.74) is 4.33. The maximum atomic E-state index is 11.8. The van der Waals surface area contributed by atoms with E-state index in [0.717, 1.165) is 53.5 Å². The van der Waals surface area contributed by atoms with Crippen LogP contribution in [-0.2, 0) is 13.0 Å². The quantitative estimate of drug-likeness (QED) is 0.149. The number of carbonyl (C=O) groups is 1. The molecule has 3 aromatic carbocycles. The predicted molar refractivity (Wildman–Crippen MR) is 139 cm³/mol. The molecule has 0 saturated heterocycles. The molecule has 0 atom stereocenters. The number of hydrogen-bond acceptors (Lipinski definition) is 4. The van der Waals surface area contributed by atoms with Crippen LogP contribution in [0.3, 0.4) is 0 Å². The Morgan fingerprint density at radius 3 is 2.64 bits per heavy atom. The predicted octanol–water partition coefficient (Wildman–Crippen LogP) is 6.37.